The summed E-state index contributed by atoms with van der Waals surface area (Å²) in [5.74, 6) is 0. The predicted octanol–water partition coefficient (Wildman–Crippen LogP) is 11.5. The molecule has 1 unspecified atom stereocenters. The summed E-state index contributed by atoms with van der Waals surface area (Å²) in [5.41, 5.74) is 22.1. The molecule has 0 N–H and O–H groups in total. The van der Waals surface area contributed by atoms with Crippen LogP contribution in [-0.2, 0) is 25.7 Å². The Labute approximate surface area is 324 Å². The van der Waals surface area contributed by atoms with Crippen LogP contribution in [0.2, 0.25) is 0 Å². The maximum atomic E-state index is 4.67. The van der Waals surface area contributed by atoms with Gasteiger partial charge in [-0.2, -0.15) is 0 Å². The van der Waals surface area contributed by atoms with Crippen molar-refractivity contribution in [1.82, 2.24) is 24.1 Å². The highest BCUT2D eigenvalue weighted by Crippen LogP contribution is 2.52. The van der Waals surface area contributed by atoms with E-state index in [4.69, 9.17) is 0 Å². The maximum Gasteiger partial charge on any atom is 0.0592 e. The van der Waals surface area contributed by atoms with Gasteiger partial charge in [0.25, 0.3) is 0 Å². The number of nitrogens with zero attached hydrogens (tertiary/aromatic N) is 6. The van der Waals surface area contributed by atoms with Crippen LogP contribution in [0.25, 0.3) is 82.7 Å². The highest BCUT2D eigenvalue weighted by atomic mass is 15.0. The molecule has 3 aliphatic rings. The Morgan fingerprint density at radius 3 is 1.88 bits per heavy atom. The summed E-state index contributed by atoms with van der Waals surface area (Å²) < 4.78 is 5.17. The van der Waals surface area contributed by atoms with E-state index in [0.717, 1.165) is 54.6 Å². The van der Waals surface area contributed by atoms with Gasteiger partial charge in [0.15, 0.2) is 0 Å². The third kappa shape index (κ3) is 4.56. The molecule has 0 radical (unpaired) electrons. The molecule has 0 spiro atoms. The van der Waals surface area contributed by atoms with E-state index in [2.05, 4.69) is 122 Å². The number of hydrogen-bond donors (Lipinski definition) is 0. The minimum Gasteiger partial charge on any atom is -0.333 e. The van der Waals surface area contributed by atoms with E-state index in [1.165, 1.54) is 93.8 Å². The third-order valence-corrected chi connectivity index (χ3v) is 12.6. The van der Waals surface area contributed by atoms with E-state index in [1.807, 2.05) is 49.3 Å². The molecule has 4 aromatic carbocycles. The minimum atomic E-state index is 0.199. The molecule has 0 bridgehead atoms. The van der Waals surface area contributed by atoms with Gasteiger partial charge in [-0.05, 0) is 151 Å². The maximum absolute atomic E-state index is 4.67. The zero-order valence-corrected chi connectivity index (χ0v) is 31.4. The molecule has 6 nitrogen and oxygen atoms in total. The first-order chi connectivity index (χ1) is 27.6. The Hall–Kier alpha value is -6.66. The summed E-state index contributed by atoms with van der Waals surface area (Å²) >= 11 is 0. The van der Waals surface area contributed by atoms with E-state index in [9.17, 15) is 0 Å². The van der Waals surface area contributed by atoms with Crippen molar-refractivity contribution in [3.05, 3.63) is 156 Å². The van der Waals surface area contributed by atoms with Gasteiger partial charge in [-0.25, -0.2) is 0 Å². The largest absolute Gasteiger partial charge is 0.333 e. The Morgan fingerprint density at radius 1 is 0.589 bits per heavy atom. The van der Waals surface area contributed by atoms with Gasteiger partial charge in [0.2, 0.25) is 0 Å². The van der Waals surface area contributed by atoms with E-state index in [0.29, 0.717) is 0 Å². The van der Waals surface area contributed by atoms with E-state index in [-0.39, 0.29) is 6.04 Å². The summed E-state index contributed by atoms with van der Waals surface area (Å²) in [7, 11) is 0. The van der Waals surface area contributed by atoms with Crippen molar-refractivity contribution in [2.24, 2.45) is 4.99 Å². The van der Waals surface area contributed by atoms with Gasteiger partial charge < -0.3 is 9.13 Å². The van der Waals surface area contributed by atoms with Gasteiger partial charge in [-0.1, -0.05) is 24.3 Å². The monoisotopic (exact) mass is 722 g/mol. The highest BCUT2D eigenvalue weighted by molar-refractivity contribution is 6.16. The highest BCUT2D eigenvalue weighted by Gasteiger charge is 2.33. The van der Waals surface area contributed by atoms with Crippen LogP contribution in [0.15, 0.2) is 133 Å². The number of rotatable bonds is 4. The third-order valence-electron chi connectivity index (χ3n) is 12.6. The Bertz CT molecular complexity index is 3180. The standard InChI is InChI=1S/C50H38N6/c1-29-21-37(15-19-53-29)55-45-13-9-31(35-5-3-17-51-27-35)23-41(45)43-25-33-8-12-40-48-34(7-11-39(47(33)48)49(43)55)26-44-42-24-32(36-6-4-18-52-28-36)10-14-46(42)56(50(40)44)38-16-20-54-30(2)22-38/h3-6,9-10,13-21,23-28,38H,7-8,11-12,22H2,1-2H3. The molecular formula is C50H38N6. The summed E-state index contributed by atoms with van der Waals surface area (Å²) in [5, 5.41) is 5.30. The molecule has 1 atom stereocenters. The molecule has 0 fully saturated rings. The van der Waals surface area contributed by atoms with Crippen molar-refractivity contribution in [1.29, 1.82) is 0 Å². The van der Waals surface area contributed by atoms with Gasteiger partial charge in [-0.3, -0.25) is 19.9 Å². The lowest BCUT2D eigenvalue weighted by Gasteiger charge is -2.32. The molecule has 0 saturated carbocycles. The zero-order chi connectivity index (χ0) is 37.1. The summed E-state index contributed by atoms with van der Waals surface area (Å²) in [6.07, 6.45) is 18.8. The normalized spacial score (nSPS) is 15.9. The Kier molecular flexibility index (Phi) is 6.74. The minimum absolute atomic E-state index is 0.199. The van der Waals surface area contributed by atoms with Crippen LogP contribution in [0.1, 0.15) is 47.3 Å². The van der Waals surface area contributed by atoms with Crippen LogP contribution >= 0.6 is 0 Å². The lowest BCUT2D eigenvalue weighted by atomic mass is 9.74. The molecule has 0 saturated heterocycles. The van der Waals surface area contributed by atoms with Crippen LogP contribution < -0.4 is 0 Å². The molecule has 5 aromatic heterocycles. The first-order valence-corrected chi connectivity index (χ1v) is 19.8. The zero-order valence-electron chi connectivity index (χ0n) is 31.4. The SMILES string of the molecule is CC1=NC=CC(n2c3ccc(-c4cccnc4)cc3c3cc4c5c(c32)CCc2cc3c6cc(-c7cccnc7)ccc6n(-c6ccnc(C)c6)c3c(c2-5)CC4)C1. The fourth-order valence-corrected chi connectivity index (χ4v) is 10.3. The number of benzene rings is 4. The topological polar surface area (TPSA) is 60.9 Å². The molecule has 1 aliphatic heterocycles. The van der Waals surface area contributed by atoms with Crippen molar-refractivity contribution >= 4 is 49.3 Å². The quantitative estimate of drug-likeness (QED) is 0.182. The molecule has 12 rings (SSSR count). The fraction of sp³-hybridized carbons (Fsp3) is 0.160. The van der Waals surface area contributed by atoms with E-state index < -0.39 is 0 Å². The van der Waals surface area contributed by atoms with Crippen molar-refractivity contribution < 1.29 is 0 Å². The van der Waals surface area contributed by atoms with Crippen LogP contribution in [0.3, 0.4) is 0 Å². The van der Waals surface area contributed by atoms with E-state index in [1.54, 1.807) is 0 Å². The fourth-order valence-electron chi connectivity index (χ4n) is 10.3. The molecule has 6 heterocycles. The van der Waals surface area contributed by atoms with Gasteiger partial charge in [-0.15, -0.1) is 0 Å². The number of hydrogen-bond acceptors (Lipinski definition) is 4. The smallest absolute Gasteiger partial charge is 0.0592 e. The average Bonchev–Trinajstić information content (AvgIpc) is 3.75. The summed E-state index contributed by atoms with van der Waals surface area (Å²) in [4.78, 5) is 18.2. The van der Waals surface area contributed by atoms with Crippen LogP contribution in [0, 0.1) is 6.92 Å². The first-order valence-electron chi connectivity index (χ1n) is 19.8. The molecule has 6 heteroatoms. The molecule has 268 valence electrons. The average molecular weight is 723 g/mol. The Balaban J connectivity index is 1.16. The van der Waals surface area contributed by atoms with Crippen LogP contribution in [0.4, 0.5) is 0 Å². The van der Waals surface area contributed by atoms with Gasteiger partial charge >= 0.3 is 0 Å². The lowest BCUT2D eigenvalue weighted by molar-refractivity contribution is 0.657. The summed E-state index contributed by atoms with van der Waals surface area (Å²) in [6, 6.07) is 32.0. The van der Waals surface area contributed by atoms with Gasteiger partial charge in [0.05, 0.1) is 22.6 Å². The number of pyridine rings is 3. The number of aliphatic imine (C=N–C) groups is 1. The Morgan fingerprint density at radius 2 is 1.23 bits per heavy atom. The predicted molar refractivity (Wildman–Crippen MR) is 229 cm³/mol. The van der Waals surface area contributed by atoms with Crippen LogP contribution in [0.5, 0.6) is 0 Å². The van der Waals surface area contributed by atoms with E-state index >= 15 is 0 Å². The number of fused-ring (bicyclic) bond motifs is 8. The number of allylic oxidation sites excluding steroid dienone is 1. The molecule has 56 heavy (non-hydrogen) atoms. The summed E-state index contributed by atoms with van der Waals surface area (Å²) in [6.45, 7) is 4.25. The molecule has 9 aromatic rings. The molecule has 0 amide bonds. The number of aryl methyl sites for hydroxylation is 5. The second-order valence-corrected chi connectivity index (χ2v) is 15.9. The second kappa shape index (κ2) is 11.9. The molecule has 2 aliphatic carbocycles. The van der Waals surface area contributed by atoms with Crippen molar-refractivity contribution in [3.8, 4) is 39.1 Å². The first kappa shape index (κ1) is 31.7. The number of aromatic nitrogens is 5. The van der Waals surface area contributed by atoms with Gasteiger partial charge in [0.1, 0.15) is 0 Å². The van der Waals surface area contributed by atoms with Gasteiger partial charge in [0, 0.05) is 98.9 Å². The lowest BCUT2D eigenvalue weighted by Crippen LogP contribution is -2.18. The van der Waals surface area contributed by atoms with Crippen molar-refractivity contribution in [3.63, 3.8) is 0 Å². The van der Waals surface area contributed by atoms with Crippen molar-refractivity contribution in [2.75, 3.05) is 0 Å². The second-order valence-electron chi connectivity index (χ2n) is 15.9. The van der Waals surface area contributed by atoms with Crippen molar-refractivity contribution in [2.45, 2.75) is 52.0 Å². The van der Waals surface area contributed by atoms with Crippen LogP contribution in [-0.4, -0.2) is 29.8 Å². The molecular weight excluding hydrogens is 685 g/mol.